The molecule has 0 spiro atoms. The molecule has 2 heterocycles. The fourth-order valence-electron chi connectivity index (χ4n) is 2.33. The molecule has 0 radical (unpaired) electrons. The molecule has 21 heavy (non-hydrogen) atoms. The molecule has 0 aliphatic carbocycles. The van der Waals surface area contributed by atoms with Crippen LogP contribution < -0.4 is 15.5 Å². The zero-order chi connectivity index (χ0) is 14.7. The summed E-state index contributed by atoms with van der Waals surface area (Å²) < 4.78 is 0. The molecule has 2 N–H and O–H groups in total. The van der Waals surface area contributed by atoms with Crippen LogP contribution in [-0.2, 0) is 0 Å². The first-order valence-corrected chi connectivity index (χ1v) is 7.94. The summed E-state index contributed by atoms with van der Waals surface area (Å²) in [6.45, 7) is 1.69. The standard InChI is InChI=1S/C14H15ClN4OS/c15-11-3-1-2-4-12(11)18-13(20)17-10-5-7-19(9-10)14-16-6-8-21-14/h1-4,6,8,10H,5,7,9H2,(H2,17,18,20). The first-order valence-electron chi connectivity index (χ1n) is 6.69. The third-order valence-corrected chi connectivity index (χ3v) is 4.50. The summed E-state index contributed by atoms with van der Waals surface area (Å²) in [6.07, 6.45) is 2.71. The number of rotatable bonds is 3. The normalized spacial score (nSPS) is 17.8. The van der Waals surface area contributed by atoms with Crippen LogP contribution in [0, 0.1) is 0 Å². The largest absolute Gasteiger partial charge is 0.346 e. The molecule has 2 amide bonds. The van der Waals surface area contributed by atoms with Crippen LogP contribution in [0.3, 0.4) is 0 Å². The number of anilines is 2. The first kappa shape index (κ1) is 14.2. The van der Waals surface area contributed by atoms with Gasteiger partial charge in [-0.3, -0.25) is 0 Å². The highest BCUT2D eigenvalue weighted by molar-refractivity contribution is 7.13. The molecular weight excluding hydrogens is 308 g/mol. The average molecular weight is 323 g/mol. The van der Waals surface area contributed by atoms with Crippen LogP contribution in [0.2, 0.25) is 5.02 Å². The number of halogens is 1. The van der Waals surface area contributed by atoms with E-state index in [1.165, 1.54) is 0 Å². The van der Waals surface area contributed by atoms with E-state index in [0.717, 1.165) is 24.6 Å². The number of hydrogen-bond acceptors (Lipinski definition) is 4. The second-order valence-corrected chi connectivity index (χ2v) is 6.10. The summed E-state index contributed by atoms with van der Waals surface area (Å²) in [5, 5.41) is 9.24. The van der Waals surface area contributed by atoms with Gasteiger partial charge in [0.25, 0.3) is 0 Å². The van der Waals surface area contributed by atoms with Crippen molar-refractivity contribution < 1.29 is 4.79 Å². The van der Waals surface area contributed by atoms with E-state index >= 15 is 0 Å². The Kier molecular flexibility index (Phi) is 4.26. The Bertz CT molecular complexity index is 619. The van der Waals surface area contributed by atoms with Gasteiger partial charge in [-0.25, -0.2) is 9.78 Å². The Morgan fingerprint density at radius 1 is 1.43 bits per heavy atom. The monoisotopic (exact) mass is 322 g/mol. The summed E-state index contributed by atoms with van der Waals surface area (Å²) in [5.41, 5.74) is 0.617. The fourth-order valence-corrected chi connectivity index (χ4v) is 3.19. The molecular formula is C14H15ClN4OS. The number of thiazole rings is 1. The van der Waals surface area contributed by atoms with Gasteiger partial charge in [0.1, 0.15) is 0 Å². The molecule has 7 heteroatoms. The minimum Gasteiger partial charge on any atom is -0.346 e. The second kappa shape index (κ2) is 6.32. The van der Waals surface area contributed by atoms with E-state index < -0.39 is 0 Å². The van der Waals surface area contributed by atoms with Crippen molar-refractivity contribution in [1.82, 2.24) is 10.3 Å². The molecule has 1 aliphatic rings. The number of benzene rings is 1. The van der Waals surface area contributed by atoms with E-state index in [0.29, 0.717) is 10.7 Å². The highest BCUT2D eigenvalue weighted by Crippen LogP contribution is 2.23. The quantitative estimate of drug-likeness (QED) is 0.912. The third-order valence-electron chi connectivity index (χ3n) is 3.34. The van der Waals surface area contributed by atoms with Gasteiger partial charge in [-0.2, -0.15) is 0 Å². The maximum Gasteiger partial charge on any atom is 0.319 e. The van der Waals surface area contributed by atoms with E-state index in [1.54, 1.807) is 29.7 Å². The van der Waals surface area contributed by atoms with E-state index in [4.69, 9.17) is 11.6 Å². The van der Waals surface area contributed by atoms with Gasteiger partial charge in [0.15, 0.2) is 5.13 Å². The summed E-state index contributed by atoms with van der Waals surface area (Å²) in [4.78, 5) is 18.5. The molecule has 1 aromatic heterocycles. The Morgan fingerprint density at radius 2 is 2.29 bits per heavy atom. The lowest BCUT2D eigenvalue weighted by molar-refractivity contribution is 0.249. The van der Waals surface area contributed by atoms with Crippen LogP contribution in [0.5, 0.6) is 0 Å². The van der Waals surface area contributed by atoms with Crippen LogP contribution in [0.4, 0.5) is 15.6 Å². The van der Waals surface area contributed by atoms with Gasteiger partial charge in [0.2, 0.25) is 0 Å². The van der Waals surface area contributed by atoms with Gasteiger partial charge in [-0.1, -0.05) is 23.7 Å². The lowest BCUT2D eigenvalue weighted by Gasteiger charge is -2.16. The number of carbonyl (C=O) groups is 1. The van der Waals surface area contributed by atoms with Gasteiger partial charge in [-0.05, 0) is 18.6 Å². The molecule has 1 aromatic carbocycles. The van der Waals surface area contributed by atoms with Crippen molar-refractivity contribution in [2.75, 3.05) is 23.3 Å². The van der Waals surface area contributed by atoms with Gasteiger partial charge in [0.05, 0.1) is 10.7 Å². The average Bonchev–Trinajstić information content (AvgIpc) is 3.12. The van der Waals surface area contributed by atoms with Crippen molar-refractivity contribution in [2.45, 2.75) is 12.5 Å². The maximum atomic E-state index is 12.0. The van der Waals surface area contributed by atoms with Crippen molar-refractivity contribution in [3.63, 3.8) is 0 Å². The molecule has 110 valence electrons. The van der Waals surface area contributed by atoms with Gasteiger partial charge < -0.3 is 15.5 Å². The molecule has 1 saturated heterocycles. The molecule has 0 saturated carbocycles. The Hall–Kier alpha value is -1.79. The molecule has 3 rings (SSSR count). The topological polar surface area (TPSA) is 57.3 Å². The summed E-state index contributed by atoms with van der Waals surface area (Å²) in [6, 6.07) is 7.08. The van der Waals surface area contributed by atoms with E-state index in [2.05, 4.69) is 20.5 Å². The van der Waals surface area contributed by atoms with E-state index in [1.807, 2.05) is 17.5 Å². The number of urea groups is 1. The van der Waals surface area contributed by atoms with Gasteiger partial charge in [0, 0.05) is 30.7 Å². The molecule has 0 bridgehead atoms. The Morgan fingerprint density at radius 3 is 3.05 bits per heavy atom. The number of para-hydroxylation sites is 1. The Balaban J connectivity index is 1.53. The van der Waals surface area contributed by atoms with Gasteiger partial charge >= 0.3 is 6.03 Å². The molecule has 1 aliphatic heterocycles. The minimum absolute atomic E-state index is 0.122. The fraction of sp³-hybridized carbons (Fsp3) is 0.286. The summed E-state index contributed by atoms with van der Waals surface area (Å²) >= 11 is 7.63. The number of carbonyl (C=O) groups excluding carboxylic acids is 1. The molecule has 2 aromatic rings. The second-order valence-electron chi connectivity index (χ2n) is 4.82. The summed E-state index contributed by atoms with van der Waals surface area (Å²) in [7, 11) is 0. The molecule has 1 unspecified atom stereocenters. The highest BCUT2D eigenvalue weighted by Gasteiger charge is 2.25. The zero-order valence-electron chi connectivity index (χ0n) is 11.3. The van der Waals surface area contributed by atoms with Crippen LogP contribution in [-0.4, -0.2) is 30.1 Å². The van der Waals surface area contributed by atoms with Crippen LogP contribution in [0.1, 0.15) is 6.42 Å². The Labute approximate surface area is 131 Å². The molecule has 1 fully saturated rings. The SMILES string of the molecule is O=C(Nc1ccccc1Cl)NC1CCN(c2nccs2)C1. The van der Waals surface area contributed by atoms with E-state index in [9.17, 15) is 4.79 Å². The number of hydrogen-bond donors (Lipinski definition) is 2. The smallest absolute Gasteiger partial charge is 0.319 e. The van der Waals surface area contributed by atoms with Crippen molar-refractivity contribution in [3.8, 4) is 0 Å². The summed E-state index contributed by atoms with van der Waals surface area (Å²) in [5.74, 6) is 0. The highest BCUT2D eigenvalue weighted by atomic mass is 35.5. The van der Waals surface area contributed by atoms with Gasteiger partial charge in [-0.15, -0.1) is 11.3 Å². The predicted octanol–water partition coefficient (Wildman–Crippen LogP) is 3.20. The maximum absolute atomic E-state index is 12.0. The minimum atomic E-state index is -0.228. The number of nitrogens with zero attached hydrogens (tertiary/aromatic N) is 2. The van der Waals surface area contributed by atoms with Crippen LogP contribution >= 0.6 is 22.9 Å². The molecule has 1 atom stereocenters. The van der Waals surface area contributed by atoms with Crippen molar-refractivity contribution in [3.05, 3.63) is 40.9 Å². The van der Waals surface area contributed by atoms with Crippen molar-refractivity contribution in [1.29, 1.82) is 0 Å². The number of aromatic nitrogens is 1. The lowest BCUT2D eigenvalue weighted by atomic mass is 10.3. The van der Waals surface area contributed by atoms with Crippen molar-refractivity contribution >= 4 is 39.8 Å². The van der Waals surface area contributed by atoms with Crippen LogP contribution in [0.25, 0.3) is 0 Å². The van der Waals surface area contributed by atoms with Crippen molar-refractivity contribution in [2.24, 2.45) is 0 Å². The lowest BCUT2D eigenvalue weighted by Crippen LogP contribution is -2.39. The predicted molar refractivity (Wildman–Crippen MR) is 86.3 cm³/mol. The zero-order valence-corrected chi connectivity index (χ0v) is 12.8. The third kappa shape index (κ3) is 3.46. The first-order chi connectivity index (χ1) is 10.2. The molecule has 5 nitrogen and oxygen atoms in total. The number of amides is 2. The van der Waals surface area contributed by atoms with E-state index in [-0.39, 0.29) is 12.1 Å². The number of nitrogens with one attached hydrogen (secondary N) is 2. The van der Waals surface area contributed by atoms with Crippen LogP contribution in [0.15, 0.2) is 35.8 Å².